The van der Waals surface area contributed by atoms with Crippen molar-refractivity contribution < 1.29 is 15.0 Å². The van der Waals surface area contributed by atoms with Gasteiger partial charge >= 0.3 is 5.97 Å². The summed E-state index contributed by atoms with van der Waals surface area (Å²) in [5.41, 5.74) is 1.89. The van der Waals surface area contributed by atoms with Gasteiger partial charge in [0, 0.05) is 0 Å². The first kappa shape index (κ1) is 11.7. The molecule has 0 amide bonds. The number of phenolic OH excluding ortho intramolecular Hbond substituents is 1. The molecule has 0 saturated heterocycles. The summed E-state index contributed by atoms with van der Waals surface area (Å²) in [6, 6.07) is 12.8. The molecule has 0 aromatic heterocycles. The molecule has 0 saturated carbocycles. The van der Waals surface area contributed by atoms with Crippen molar-refractivity contribution in [3.05, 3.63) is 53.6 Å². The molecule has 4 nitrogen and oxygen atoms in total. The van der Waals surface area contributed by atoms with E-state index in [-0.39, 0.29) is 11.3 Å². The Balaban J connectivity index is 2.50. The Hall–Kier alpha value is -2.80. The number of carboxylic acids is 1. The molecule has 0 aliphatic heterocycles. The molecule has 2 N–H and O–H groups in total. The highest BCUT2D eigenvalue weighted by Crippen LogP contribution is 2.25. The third-order valence-corrected chi connectivity index (χ3v) is 2.51. The van der Waals surface area contributed by atoms with Crippen molar-refractivity contribution >= 4 is 5.97 Å². The van der Waals surface area contributed by atoms with Crippen molar-refractivity contribution in [2.75, 3.05) is 0 Å². The zero-order chi connectivity index (χ0) is 13.1. The van der Waals surface area contributed by atoms with Crippen LogP contribution in [0.25, 0.3) is 11.1 Å². The standard InChI is InChI=1S/C14H9NO3/c15-8-9-1-3-10(4-2-9)11-5-12(14(17)18)7-13(16)6-11/h1-7,16H,(H,17,18). The number of hydrogen-bond acceptors (Lipinski definition) is 3. The largest absolute Gasteiger partial charge is 0.508 e. The van der Waals surface area contributed by atoms with Crippen molar-refractivity contribution in [1.29, 1.82) is 5.26 Å². The first-order chi connectivity index (χ1) is 8.60. The topological polar surface area (TPSA) is 81.3 Å². The van der Waals surface area contributed by atoms with Gasteiger partial charge in [-0.25, -0.2) is 4.79 Å². The average molecular weight is 239 g/mol. The Morgan fingerprint density at radius 1 is 1.06 bits per heavy atom. The molecule has 2 rings (SSSR count). The smallest absolute Gasteiger partial charge is 0.335 e. The van der Waals surface area contributed by atoms with Crippen molar-refractivity contribution in [3.8, 4) is 22.9 Å². The average Bonchev–Trinajstić information content (AvgIpc) is 2.38. The fourth-order valence-corrected chi connectivity index (χ4v) is 1.64. The summed E-state index contributed by atoms with van der Waals surface area (Å²) >= 11 is 0. The van der Waals surface area contributed by atoms with E-state index in [1.54, 1.807) is 24.3 Å². The SMILES string of the molecule is N#Cc1ccc(-c2cc(O)cc(C(=O)O)c2)cc1. The molecular formula is C14H9NO3. The summed E-state index contributed by atoms with van der Waals surface area (Å²) in [7, 11) is 0. The molecule has 0 fully saturated rings. The van der Waals surface area contributed by atoms with E-state index in [0.717, 1.165) is 5.56 Å². The second-order valence-electron chi connectivity index (χ2n) is 3.76. The molecule has 0 heterocycles. The predicted octanol–water partition coefficient (Wildman–Crippen LogP) is 2.63. The van der Waals surface area contributed by atoms with Crippen molar-refractivity contribution in [2.24, 2.45) is 0 Å². The van der Waals surface area contributed by atoms with E-state index in [1.165, 1.54) is 18.2 Å². The molecule has 4 heteroatoms. The van der Waals surface area contributed by atoms with Gasteiger partial charge < -0.3 is 10.2 Å². The third-order valence-electron chi connectivity index (χ3n) is 2.51. The summed E-state index contributed by atoms with van der Waals surface area (Å²) in [6.07, 6.45) is 0. The fourth-order valence-electron chi connectivity index (χ4n) is 1.64. The van der Waals surface area contributed by atoms with Gasteiger partial charge in [0.2, 0.25) is 0 Å². The lowest BCUT2D eigenvalue weighted by atomic mass is 10.0. The van der Waals surface area contributed by atoms with Crippen LogP contribution in [-0.2, 0) is 0 Å². The number of nitriles is 1. The molecule has 0 radical (unpaired) electrons. The molecule has 0 bridgehead atoms. The minimum Gasteiger partial charge on any atom is -0.508 e. The number of hydrogen-bond donors (Lipinski definition) is 2. The maximum atomic E-state index is 10.9. The number of nitrogens with zero attached hydrogens (tertiary/aromatic N) is 1. The highest BCUT2D eigenvalue weighted by Gasteiger charge is 2.08. The van der Waals surface area contributed by atoms with E-state index in [4.69, 9.17) is 10.4 Å². The lowest BCUT2D eigenvalue weighted by Gasteiger charge is -2.04. The zero-order valence-corrected chi connectivity index (χ0v) is 9.29. The minimum atomic E-state index is -1.10. The first-order valence-corrected chi connectivity index (χ1v) is 5.18. The predicted molar refractivity (Wildman–Crippen MR) is 65.2 cm³/mol. The Kier molecular flexibility index (Phi) is 2.98. The van der Waals surface area contributed by atoms with Gasteiger partial charge in [-0.2, -0.15) is 5.26 Å². The summed E-state index contributed by atoms with van der Waals surface area (Å²) < 4.78 is 0. The third kappa shape index (κ3) is 2.30. The van der Waals surface area contributed by atoms with Gasteiger partial charge in [-0.05, 0) is 41.5 Å². The highest BCUT2D eigenvalue weighted by atomic mass is 16.4. The molecule has 0 unspecified atom stereocenters. The summed E-state index contributed by atoms with van der Waals surface area (Å²) in [5.74, 6) is -1.20. The molecule has 2 aromatic rings. The Bertz CT molecular complexity index is 639. The van der Waals surface area contributed by atoms with Gasteiger partial charge in [0.1, 0.15) is 5.75 Å². The number of aromatic hydroxyl groups is 1. The molecule has 18 heavy (non-hydrogen) atoms. The Labute approximate surface area is 103 Å². The summed E-state index contributed by atoms with van der Waals surface area (Å²) in [5, 5.41) is 27.1. The van der Waals surface area contributed by atoms with Crippen LogP contribution in [0.3, 0.4) is 0 Å². The van der Waals surface area contributed by atoms with Gasteiger partial charge in [0.05, 0.1) is 17.2 Å². The van der Waals surface area contributed by atoms with E-state index >= 15 is 0 Å². The molecule has 0 aliphatic rings. The van der Waals surface area contributed by atoms with E-state index in [9.17, 15) is 9.90 Å². The van der Waals surface area contributed by atoms with Crippen LogP contribution in [0.4, 0.5) is 0 Å². The van der Waals surface area contributed by atoms with Crippen molar-refractivity contribution in [1.82, 2.24) is 0 Å². The fraction of sp³-hybridized carbons (Fsp3) is 0. The highest BCUT2D eigenvalue weighted by molar-refractivity contribution is 5.90. The van der Waals surface area contributed by atoms with Crippen molar-refractivity contribution in [2.45, 2.75) is 0 Å². The lowest BCUT2D eigenvalue weighted by Crippen LogP contribution is -1.96. The number of phenols is 1. The maximum absolute atomic E-state index is 10.9. The van der Waals surface area contributed by atoms with Gasteiger partial charge in [-0.1, -0.05) is 12.1 Å². The molecular weight excluding hydrogens is 230 g/mol. The molecule has 0 atom stereocenters. The van der Waals surface area contributed by atoms with Crippen LogP contribution in [0, 0.1) is 11.3 Å². The molecule has 88 valence electrons. The van der Waals surface area contributed by atoms with Crippen LogP contribution in [0.5, 0.6) is 5.75 Å². The number of carbonyl (C=O) groups is 1. The van der Waals surface area contributed by atoms with E-state index in [2.05, 4.69) is 0 Å². The maximum Gasteiger partial charge on any atom is 0.335 e. The lowest BCUT2D eigenvalue weighted by molar-refractivity contribution is 0.0696. The van der Waals surface area contributed by atoms with Crippen molar-refractivity contribution in [3.63, 3.8) is 0 Å². The van der Waals surface area contributed by atoms with Gasteiger partial charge in [0.25, 0.3) is 0 Å². The zero-order valence-electron chi connectivity index (χ0n) is 9.29. The second kappa shape index (κ2) is 4.60. The first-order valence-electron chi connectivity index (χ1n) is 5.18. The van der Waals surface area contributed by atoms with Gasteiger partial charge in [-0.15, -0.1) is 0 Å². The normalized spacial score (nSPS) is 9.72. The van der Waals surface area contributed by atoms with E-state index in [0.29, 0.717) is 11.1 Å². The van der Waals surface area contributed by atoms with E-state index in [1.807, 2.05) is 6.07 Å². The van der Waals surface area contributed by atoms with Crippen LogP contribution >= 0.6 is 0 Å². The quantitative estimate of drug-likeness (QED) is 0.844. The van der Waals surface area contributed by atoms with Crippen LogP contribution in [0.15, 0.2) is 42.5 Å². The number of benzene rings is 2. The van der Waals surface area contributed by atoms with Gasteiger partial charge in [-0.3, -0.25) is 0 Å². The van der Waals surface area contributed by atoms with E-state index < -0.39 is 5.97 Å². The monoisotopic (exact) mass is 239 g/mol. The van der Waals surface area contributed by atoms with Crippen LogP contribution in [0.1, 0.15) is 15.9 Å². The molecule has 2 aromatic carbocycles. The minimum absolute atomic E-state index is 0.0226. The summed E-state index contributed by atoms with van der Waals surface area (Å²) in [6.45, 7) is 0. The van der Waals surface area contributed by atoms with Crippen LogP contribution < -0.4 is 0 Å². The number of rotatable bonds is 2. The second-order valence-corrected chi connectivity index (χ2v) is 3.76. The number of carboxylic acid groups (broad SMARTS) is 1. The summed E-state index contributed by atoms with van der Waals surface area (Å²) in [4.78, 5) is 10.9. The number of aromatic carboxylic acids is 1. The Morgan fingerprint density at radius 2 is 1.72 bits per heavy atom. The Morgan fingerprint density at radius 3 is 2.28 bits per heavy atom. The molecule has 0 aliphatic carbocycles. The molecule has 0 spiro atoms. The van der Waals surface area contributed by atoms with Crippen LogP contribution in [0.2, 0.25) is 0 Å². The van der Waals surface area contributed by atoms with Crippen LogP contribution in [-0.4, -0.2) is 16.2 Å². The van der Waals surface area contributed by atoms with Gasteiger partial charge in [0.15, 0.2) is 0 Å².